The van der Waals surface area contributed by atoms with Crippen LogP contribution in [0.2, 0.25) is 0 Å². The van der Waals surface area contributed by atoms with Crippen molar-refractivity contribution in [3.05, 3.63) is 29.8 Å². The maximum Gasteiger partial charge on any atom is 0.323 e. The van der Waals surface area contributed by atoms with Crippen molar-refractivity contribution in [1.29, 1.82) is 0 Å². The molecule has 2 aliphatic heterocycles. The molecule has 13 heteroatoms. The first-order valence-electron chi connectivity index (χ1n) is 10.6. The van der Waals surface area contributed by atoms with E-state index in [0.29, 0.717) is 30.6 Å². The summed E-state index contributed by atoms with van der Waals surface area (Å²) in [6.45, 7) is -0.330. The Morgan fingerprint density at radius 1 is 0.971 bits per heavy atom. The predicted molar refractivity (Wildman–Crippen MR) is 118 cm³/mol. The summed E-state index contributed by atoms with van der Waals surface area (Å²) in [5, 5.41) is 18.3. The smallest absolute Gasteiger partial charge is 0.323 e. The van der Waals surface area contributed by atoms with E-state index in [1.54, 1.807) is 12.1 Å². The van der Waals surface area contributed by atoms with Crippen LogP contribution in [0.15, 0.2) is 29.3 Å². The van der Waals surface area contributed by atoms with Gasteiger partial charge in [0.15, 0.2) is 5.96 Å². The quantitative estimate of drug-likeness (QED) is 0.276. The second-order valence-electron chi connectivity index (χ2n) is 8.04. The number of aliphatic carboxylic acids is 2. The molecule has 2 fully saturated rings. The molecule has 0 spiro atoms. The molecular formula is C21H26N6O7. The summed E-state index contributed by atoms with van der Waals surface area (Å²) in [4.78, 5) is 69.2. The van der Waals surface area contributed by atoms with Crippen LogP contribution < -0.4 is 11.5 Å². The van der Waals surface area contributed by atoms with E-state index in [1.165, 1.54) is 17.0 Å². The number of rotatable bonds is 7. The Morgan fingerprint density at radius 3 is 2.24 bits per heavy atom. The van der Waals surface area contributed by atoms with Crippen LogP contribution in [0, 0.1) is 0 Å². The minimum Gasteiger partial charge on any atom is -0.481 e. The van der Waals surface area contributed by atoms with Crippen LogP contribution in [-0.4, -0.2) is 98.8 Å². The molecule has 1 aromatic rings. The molecule has 2 atom stereocenters. The van der Waals surface area contributed by atoms with Gasteiger partial charge in [-0.1, -0.05) is 0 Å². The van der Waals surface area contributed by atoms with Crippen molar-refractivity contribution in [3.8, 4) is 0 Å². The van der Waals surface area contributed by atoms with E-state index in [-0.39, 0.29) is 19.0 Å². The summed E-state index contributed by atoms with van der Waals surface area (Å²) >= 11 is 0. The van der Waals surface area contributed by atoms with Crippen LogP contribution in [0.1, 0.15) is 29.6 Å². The van der Waals surface area contributed by atoms with Gasteiger partial charge in [0.05, 0.1) is 12.1 Å². The maximum absolute atomic E-state index is 13.4. The topological polar surface area (TPSA) is 200 Å². The van der Waals surface area contributed by atoms with Crippen molar-refractivity contribution < 1.29 is 34.2 Å². The number of nitrogens with zero attached hydrogens (tertiary/aromatic N) is 4. The molecule has 3 amide bonds. The molecule has 182 valence electrons. The number of carboxylic acid groups (broad SMARTS) is 2. The van der Waals surface area contributed by atoms with Gasteiger partial charge in [0, 0.05) is 25.2 Å². The van der Waals surface area contributed by atoms with Gasteiger partial charge in [-0.3, -0.25) is 24.0 Å². The number of piperazine rings is 1. The summed E-state index contributed by atoms with van der Waals surface area (Å²) in [7, 11) is 0. The summed E-state index contributed by atoms with van der Waals surface area (Å²) in [6.07, 6.45) is 0.262. The lowest BCUT2D eigenvalue weighted by molar-refractivity contribution is -0.159. The number of carboxylic acids is 2. The van der Waals surface area contributed by atoms with E-state index in [4.69, 9.17) is 16.6 Å². The van der Waals surface area contributed by atoms with Crippen LogP contribution in [0.4, 0.5) is 5.69 Å². The Morgan fingerprint density at radius 2 is 1.65 bits per heavy atom. The normalized spacial score (nSPS) is 20.2. The van der Waals surface area contributed by atoms with Gasteiger partial charge in [-0.05, 0) is 37.1 Å². The van der Waals surface area contributed by atoms with Crippen LogP contribution in [0.5, 0.6) is 0 Å². The van der Waals surface area contributed by atoms with Crippen molar-refractivity contribution in [3.63, 3.8) is 0 Å². The van der Waals surface area contributed by atoms with E-state index in [9.17, 15) is 29.1 Å². The number of carbonyl (C=O) groups is 5. The number of amides is 3. The first kappa shape index (κ1) is 24.5. The first-order chi connectivity index (χ1) is 16.1. The Balaban J connectivity index is 1.79. The Kier molecular flexibility index (Phi) is 7.34. The highest BCUT2D eigenvalue weighted by Gasteiger charge is 2.44. The van der Waals surface area contributed by atoms with Crippen molar-refractivity contribution in [2.24, 2.45) is 16.5 Å². The van der Waals surface area contributed by atoms with Gasteiger partial charge < -0.3 is 36.4 Å². The van der Waals surface area contributed by atoms with Gasteiger partial charge in [-0.25, -0.2) is 4.99 Å². The standard InChI is InChI=1S/C21H26N6O7/c22-21(23)24-13-5-3-12(4-6-13)18(32)26-7-1-2-14(26)20(34)27-9-8-25(11-17(30)31)19(33)15(27)10-16(28)29/h3-6,14-15H,1-2,7-11H2,(H,28,29)(H,30,31)(H4,22,23,24). The lowest BCUT2D eigenvalue weighted by atomic mass is 10.0. The summed E-state index contributed by atoms with van der Waals surface area (Å²) < 4.78 is 0. The number of carbonyl (C=O) groups excluding carboxylic acids is 3. The summed E-state index contributed by atoms with van der Waals surface area (Å²) in [5.41, 5.74) is 11.5. The Bertz CT molecular complexity index is 1020. The maximum atomic E-state index is 13.4. The molecule has 6 N–H and O–H groups in total. The second kappa shape index (κ2) is 10.2. The van der Waals surface area contributed by atoms with Crippen molar-refractivity contribution in [2.45, 2.75) is 31.3 Å². The highest BCUT2D eigenvalue weighted by molar-refractivity contribution is 6.00. The Hall–Kier alpha value is -4.16. The highest BCUT2D eigenvalue weighted by atomic mass is 16.4. The van der Waals surface area contributed by atoms with Gasteiger partial charge in [0.1, 0.15) is 18.6 Å². The lowest BCUT2D eigenvalue weighted by Crippen LogP contribution is -2.62. The number of hydrogen-bond donors (Lipinski definition) is 4. The number of benzene rings is 1. The molecule has 13 nitrogen and oxygen atoms in total. The van der Waals surface area contributed by atoms with Crippen LogP contribution in [0.25, 0.3) is 0 Å². The molecule has 0 bridgehead atoms. The van der Waals surface area contributed by atoms with Crippen molar-refractivity contribution in [1.82, 2.24) is 14.7 Å². The van der Waals surface area contributed by atoms with Crippen LogP contribution >= 0.6 is 0 Å². The molecule has 3 rings (SSSR count). The third-order valence-electron chi connectivity index (χ3n) is 5.73. The van der Waals surface area contributed by atoms with Gasteiger partial charge in [-0.15, -0.1) is 0 Å². The van der Waals surface area contributed by atoms with E-state index < -0.39 is 54.7 Å². The predicted octanol–water partition coefficient (Wildman–Crippen LogP) is -1.21. The average Bonchev–Trinajstić information content (AvgIpc) is 3.25. The fraction of sp³-hybridized carbons (Fsp3) is 0.429. The zero-order valence-electron chi connectivity index (χ0n) is 18.3. The molecule has 2 aliphatic rings. The van der Waals surface area contributed by atoms with E-state index in [0.717, 1.165) is 9.80 Å². The third-order valence-corrected chi connectivity index (χ3v) is 5.73. The summed E-state index contributed by atoms with van der Waals surface area (Å²) in [5.74, 6) is -4.32. The number of nitrogens with two attached hydrogens (primary N) is 2. The van der Waals surface area contributed by atoms with E-state index in [1.807, 2.05) is 0 Å². The molecule has 0 radical (unpaired) electrons. The van der Waals surface area contributed by atoms with Crippen molar-refractivity contribution in [2.75, 3.05) is 26.2 Å². The largest absolute Gasteiger partial charge is 0.481 e. The molecule has 2 heterocycles. The number of hydrogen-bond acceptors (Lipinski definition) is 6. The number of guanidine groups is 1. The number of likely N-dealkylation sites (tertiary alicyclic amines) is 1. The molecule has 2 unspecified atom stereocenters. The SMILES string of the molecule is NC(N)=Nc1ccc(C(=O)N2CCCC2C(=O)N2CCN(CC(=O)O)C(=O)C2CC(=O)O)cc1. The van der Waals surface area contributed by atoms with Crippen LogP contribution in [-0.2, 0) is 19.2 Å². The molecule has 0 aromatic heterocycles. The molecule has 2 saturated heterocycles. The Labute approximate surface area is 194 Å². The van der Waals surface area contributed by atoms with Gasteiger partial charge >= 0.3 is 11.9 Å². The monoisotopic (exact) mass is 474 g/mol. The van der Waals surface area contributed by atoms with Crippen LogP contribution in [0.3, 0.4) is 0 Å². The molecule has 34 heavy (non-hydrogen) atoms. The number of aliphatic imine (C=N–C) groups is 1. The van der Waals surface area contributed by atoms with E-state index >= 15 is 0 Å². The van der Waals surface area contributed by atoms with E-state index in [2.05, 4.69) is 4.99 Å². The minimum atomic E-state index is -1.34. The zero-order chi connectivity index (χ0) is 25.0. The third kappa shape index (κ3) is 5.42. The van der Waals surface area contributed by atoms with Gasteiger partial charge in [-0.2, -0.15) is 0 Å². The summed E-state index contributed by atoms with van der Waals surface area (Å²) in [6, 6.07) is 3.98. The van der Waals surface area contributed by atoms with Crippen molar-refractivity contribution >= 4 is 41.3 Å². The van der Waals surface area contributed by atoms with Gasteiger partial charge in [0.25, 0.3) is 5.91 Å². The zero-order valence-corrected chi connectivity index (χ0v) is 18.3. The fourth-order valence-electron chi connectivity index (χ4n) is 4.24. The molecule has 0 aliphatic carbocycles. The fourth-order valence-corrected chi connectivity index (χ4v) is 4.24. The average molecular weight is 474 g/mol. The molecule has 0 saturated carbocycles. The second-order valence-corrected chi connectivity index (χ2v) is 8.04. The molecule has 1 aromatic carbocycles. The van der Waals surface area contributed by atoms with Gasteiger partial charge in [0.2, 0.25) is 11.8 Å². The highest BCUT2D eigenvalue weighted by Crippen LogP contribution is 2.26. The first-order valence-corrected chi connectivity index (χ1v) is 10.6. The molecular weight excluding hydrogens is 448 g/mol. The lowest BCUT2D eigenvalue weighted by Gasteiger charge is -2.41. The minimum absolute atomic E-state index is 0.0262.